The van der Waals surface area contributed by atoms with Crippen LogP contribution < -0.4 is 0 Å². The first-order valence-electron chi connectivity index (χ1n) is 24.9. The second kappa shape index (κ2) is 53.7. The van der Waals surface area contributed by atoms with Gasteiger partial charge in [0.2, 0.25) is 8.32 Å². The first kappa shape index (κ1) is 81.9. The quantitative estimate of drug-likeness (QED) is 0.00765. The molecule has 0 spiro atoms. The molecule has 0 aromatic carbocycles. The monoisotopic (exact) mass is 1290 g/mol. The average Bonchev–Trinajstić information content (AvgIpc) is 3.28. The number of unbranched alkanes of at least 4 members (excludes halogenated alkanes) is 10. The second-order valence-electron chi connectivity index (χ2n) is 19.0. The number of aliphatic carboxylic acids is 1. The van der Waals surface area contributed by atoms with Crippen LogP contribution >= 0.6 is 131 Å². The minimum absolute atomic E-state index is 0. The van der Waals surface area contributed by atoms with E-state index in [-0.39, 0.29) is 25.8 Å². The number of carboxylic acids is 1. The van der Waals surface area contributed by atoms with Gasteiger partial charge in [-0.05, 0) is 185 Å². The van der Waals surface area contributed by atoms with Crippen molar-refractivity contribution >= 4 is 158 Å². The molecule has 25 heteroatoms. The highest BCUT2D eigenvalue weighted by Gasteiger charge is 2.47. The lowest BCUT2D eigenvalue weighted by Gasteiger charge is -2.45. The third-order valence-electron chi connectivity index (χ3n) is 10.9. The number of carboxylic acid groups (broad SMARTS) is 1. The third kappa shape index (κ3) is 51.1. The van der Waals surface area contributed by atoms with Crippen molar-refractivity contribution in [3.8, 4) is 0 Å². The van der Waals surface area contributed by atoms with E-state index in [1.807, 2.05) is 33.8 Å². The van der Waals surface area contributed by atoms with E-state index in [2.05, 4.69) is 71.8 Å². The fourth-order valence-corrected chi connectivity index (χ4v) is 38.4. The number of aliphatic hydroxyl groups is 4. The van der Waals surface area contributed by atoms with Crippen molar-refractivity contribution in [3.05, 3.63) is 24.3 Å². The molecule has 0 saturated heterocycles. The van der Waals surface area contributed by atoms with Crippen LogP contribution in [0.2, 0.25) is 16.6 Å². The van der Waals surface area contributed by atoms with Crippen LogP contribution in [0.5, 0.6) is 0 Å². The van der Waals surface area contributed by atoms with Crippen LogP contribution in [0.25, 0.3) is 0 Å². The summed E-state index contributed by atoms with van der Waals surface area (Å²) in [6, 6.07) is 0. The normalized spacial score (nSPS) is 14.5. The Bertz CT molecular complexity index is 1340. The molecule has 0 aliphatic rings. The minimum atomic E-state index is -2.20. The van der Waals surface area contributed by atoms with E-state index in [9.17, 15) is 34.8 Å². The Kier molecular flexibility index (Phi) is 60.3. The summed E-state index contributed by atoms with van der Waals surface area (Å²) in [7, 11) is 16.4. The number of hydrogen-bond acceptors (Lipinski definition) is 23. The van der Waals surface area contributed by atoms with Gasteiger partial charge in [0.15, 0.2) is 0 Å². The lowest BCUT2D eigenvalue weighted by molar-refractivity contribution is -0.155. The first-order chi connectivity index (χ1) is 33.9. The molecule has 0 saturated carbocycles. The largest absolute Gasteiger partial charge is 0.481 e. The Labute approximate surface area is 495 Å². The van der Waals surface area contributed by atoms with Crippen molar-refractivity contribution in [2.75, 3.05) is 0 Å². The molecule has 73 heavy (non-hydrogen) atoms. The van der Waals surface area contributed by atoms with Crippen LogP contribution in [0.3, 0.4) is 0 Å². The molecule has 436 valence electrons. The molecule has 0 radical (unpaired) electrons. The van der Waals surface area contributed by atoms with E-state index in [4.69, 9.17) is 19.0 Å². The zero-order chi connectivity index (χ0) is 55.4. The molecular formula is C48H96O11S13Si. The van der Waals surface area contributed by atoms with Crippen molar-refractivity contribution in [3.63, 3.8) is 0 Å². The summed E-state index contributed by atoms with van der Waals surface area (Å²) in [5, 5.41) is 48.4. The Morgan fingerprint density at radius 1 is 0.575 bits per heavy atom. The fraction of sp³-hybridized carbons (Fsp3) is 0.854. The van der Waals surface area contributed by atoms with Crippen molar-refractivity contribution in [2.24, 2.45) is 0 Å². The highest BCUT2D eigenvalue weighted by atomic mass is 34.0. The maximum Gasteiger partial charge on any atom is 0.306 e. The molecule has 0 heterocycles. The number of hydrogen-bond donors (Lipinski definition) is 7. The van der Waals surface area contributed by atoms with Gasteiger partial charge in [0.25, 0.3) is 0 Å². The fourth-order valence-electron chi connectivity index (χ4n) is 7.65. The molecule has 11 nitrogen and oxygen atoms in total. The summed E-state index contributed by atoms with van der Waals surface area (Å²) in [5.74, 6) is -1.22. The van der Waals surface area contributed by atoms with Crippen molar-refractivity contribution in [2.45, 2.75) is 265 Å². The van der Waals surface area contributed by atoms with Crippen LogP contribution in [0.15, 0.2) is 24.3 Å². The molecule has 0 aromatic rings. The van der Waals surface area contributed by atoms with Crippen molar-refractivity contribution in [1.82, 2.24) is 0 Å². The molecule has 0 aromatic heterocycles. The number of carbonyl (C=O) groups excluding carboxylic acids is 2. The molecule has 5 N–H and O–H groups in total. The van der Waals surface area contributed by atoms with Crippen LogP contribution in [0, 0.1) is 0 Å². The predicted molar refractivity (Wildman–Crippen MR) is 350 cm³/mol. The lowest BCUT2D eigenvalue weighted by atomic mass is 10.0. The minimum Gasteiger partial charge on any atom is -0.481 e. The predicted octanol–water partition coefficient (Wildman–Crippen LogP) is 19.0. The molecule has 0 fully saturated rings. The number of aliphatic hydroxyl groups excluding tert-OH is 4. The van der Waals surface area contributed by atoms with Gasteiger partial charge in [-0.15, -0.1) is 0 Å². The summed E-state index contributed by atoms with van der Waals surface area (Å²) in [6.45, 7) is 24.4. The molecule has 0 aliphatic heterocycles. The van der Waals surface area contributed by atoms with Gasteiger partial charge in [0.1, 0.15) is 17.8 Å². The number of carbonyl (C=O) groups is 3. The first-order valence-corrected chi connectivity index (χ1v) is 43.3. The van der Waals surface area contributed by atoms with Crippen molar-refractivity contribution in [1.29, 1.82) is 0 Å². The topological polar surface area (TPSA) is 180 Å². The van der Waals surface area contributed by atoms with E-state index < -0.39 is 56.5 Å². The van der Waals surface area contributed by atoms with Gasteiger partial charge in [-0.1, -0.05) is 174 Å². The third-order valence-corrected chi connectivity index (χ3v) is 39.6. The summed E-state index contributed by atoms with van der Waals surface area (Å²) >= 11 is 8.01. The van der Waals surface area contributed by atoms with Gasteiger partial charge in [0.05, 0.1) is 24.4 Å². The summed E-state index contributed by atoms with van der Waals surface area (Å²) in [4.78, 5) is 33.8. The average molecular weight is 1290 g/mol. The van der Waals surface area contributed by atoms with E-state index >= 15 is 0 Å². The van der Waals surface area contributed by atoms with Gasteiger partial charge in [-0.25, -0.2) is 0 Å². The number of ether oxygens (including phenoxy) is 2. The standard InChI is InChI=1S/C29H56O6Si.C18H34O5.CH4.H2S13/c1-21(2)36(22(3)4,23(5)6)35-27(24(7)33-25(8)30)20-19-26(31)17-15-13-12-14-16-18-28(32)34-29(9,10)11;1-2-3-7-11-16(20)17(21)14-13-15(19)10-8-5-4-6-9-12-18(22)23;;1-3-5-7-9-11-13-12-10-8-6-4-2/h19-24,26-27,31H,12-18H2,1-11H3;13-17,19-21H,2-12H2,1H3,(H,22,23);1H4;1-2H/b20-19+;14-13+;;/t24-,26+,27+;15-,16+,17-;;/m01../s1. The van der Waals surface area contributed by atoms with E-state index in [0.717, 1.165) is 77.0 Å². The number of thiol groups is 2. The van der Waals surface area contributed by atoms with Gasteiger partial charge in [-0.2, -0.15) is 0 Å². The van der Waals surface area contributed by atoms with Gasteiger partial charge in [-0.3, -0.25) is 14.4 Å². The van der Waals surface area contributed by atoms with Gasteiger partial charge in [0, 0.05) is 19.8 Å². The Hall–Kier alpha value is 2.46. The van der Waals surface area contributed by atoms with Crippen LogP contribution in [0.4, 0.5) is 0 Å². The maximum absolute atomic E-state index is 11.8. The van der Waals surface area contributed by atoms with E-state index in [0.29, 0.717) is 48.7 Å². The molecule has 6 atom stereocenters. The highest BCUT2D eigenvalue weighted by molar-refractivity contribution is 9.55. The maximum atomic E-state index is 11.8. The smallest absolute Gasteiger partial charge is 0.306 e. The van der Waals surface area contributed by atoms with Gasteiger partial charge < -0.3 is 39.4 Å². The summed E-state index contributed by atoms with van der Waals surface area (Å²) in [6.07, 6.45) is 17.8. The molecule has 0 bridgehead atoms. The van der Waals surface area contributed by atoms with Crippen LogP contribution in [-0.4, -0.2) is 94.0 Å². The molecule has 0 rings (SSSR count). The zero-order valence-corrected chi connectivity index (χ0v) is 56.6. The zero-order valence-electron chi connectivity index (χ0n) is 44.8. The Morgan fingerprint density at radius 2 is 0.973 bits per heavy atom. The summed E-state index contributed by atoms with van der Waals surface area (Å²) in [5.41, 5.74) is 0.775. The van der Waals surface area contributed by atoms with Crippen LogP contribution in [0.1, 0.15) is 206 Å². The van der Waals surface area contributed by atoms with E-state index in [1.54, 1.807) is 101 Å². The SMILES string of the molecule is C.CC(=O)O[C@@H](C)[C@@H](/C=C/[C@H](O)CCCCCCCC(=O)OC(C)(C)C)O[Si](C(C)C)(C(C)C)C(C)C.CCCCC[C@H](O)[C@H](O)/C=C/[C@H](O)CCCCCCCC(=O)O.SSSSSSSSSSSSS. The van der Waals surface area contributed by atoms with Crippen LogP contribution in [-0.2, 0) is 28.3 Å². The molecule has 0 unspecified atom stereocenters. The number of rotatable bonds is 42. The molecular weight excluding hydrogens is 1200 g/mol. The highest BCUT2D eigenvalue weighted by Crippen LogP contribution is 2.61. The Morgan fingerprint density at radius 3 is 1.37 bits per heavy atom. The molecule has 0 aliphatic carbocycles. The second-order valence-corrected chi connectivity index (χ2v) is 44.2. The molecule has 0 amide bonds. The van der Waals surface area contributed by atoms with Crippen molar-refractivity contribution < 1.29 is 53.8 Å². The Balaban J connectivity index is -0.000000547. The van der Waals surface area contributed by atoms with E-state index in [1.165, 1.54) is 32.7 Å². The number of esters is 2. The summed E-state index contributed by atoms with van der Waals surface area (Å²) < 4.78 is 17.7. The van der Waals surface area contributed by atoms with Gasteiger partial charge >= 0.3 is 17.9 Å². The lowest BCUT2D eigenvalue weighted by Crippen LogP contribution is -2.52.